The van der Waals surface area contributed by atoms with Crippen molar-refractivity contribution in [3.8, 4) is 0 Å². The lowest BCUT2D eigenvalue weighted by Crippen LogP contribution is -2.16. The number of hydrogen-bond acceptors (Lipinski definition) is 4. The second kappa shape index (κ2) is 6.69. The number of benzene rings is 1. The van der Waals surface area contributed by atoms with Gasteiger partial charge in [0.1, 0.15) is 5.82 Å². The number of hydrogen-bond donors (Lipinski definition) is 3. The van der Waals surface area contributed by atoms with Crippen molar-refractivity contribution in [2.45, 2.75) is 20.3 Å². The number of rotatable bonds is 4. The van der Waals surface area contributed by atoms with Gasteiger partial charge in [-0.25, -0.2) is 10.8 Å². The van der Waals surface area contributed by atoms with Gasteiger partial charge in [0.25, 0.3) is 5.91 Å². The minimum absolute atomic E-state index is 0.199. The molecule has 1 heterocycles. The van der Waals surface area contributed by atoms with Crippen LogP contribution in [-0.2, 0) is 6.42 Å². The summed E-state index contributed by atoms with van der Waals surface area (Å²) in [5, 5.41) is 2.89. The number of aromatic nitrogens is 1. The molecule has 1 amide bonds. The Morgan fingerprint density at radius 1 is 1.38 bits per heavy atom. The van der Waals surface area contributed by atoms with Crippen molar-refractivity contribution in [2.24, 2.45) is 5.84 Å². The Bertz CT molecular complexity index is 650. The monoisotopic (exact) mass is 348 g/mol. The lowest BCUT2D eigenvalue weighted by atomic mass is 10.1. The number of anilines is 2. The molecule has 0 bridgehead atoms. The van der Waals surface area contributed by atoms with Gasteiger partial charge in [0.2, 0.25) is 0 Å². The molecule has 0 aliphatic rings. The van der Waals surface area contributed by atoms with Crippen LogP contribution in [0.1, 0.15) is 28.5 Å². The largest absolute Gasteiger partial charge is 0.321 e. The first-order valence-electron chi connectivity index (χ1n) is 6.59. The number of nitrogen functional groups attached to an aromatic ring is 1. The van der Waals surface area contributed by atoms with Gasteiger partial charge < -0.3 is 10.7 Å². The van der Waals surface area contributed by atoms with Crippen molar-refractivity contribution in [1.29, 1.82) is 0 Å². The number of hydrazine groups is 1. The zero-order valence-corrected chi connectivity index (χ0v) is 13.5. The molecule has 0 aliphatic heterocycles. The Hall–Kier alpha value is -1.92. The number of aryl methyl sites for hydroxylation is 2. The highest BCUT2D eigenvalue weighted by Gasteiger charge is 2.11. The van der Waals surface area contributed by atoms with E-state index in [4.69, 9.17) is 5.84 Å². The van der Waals surface area contributed by atoms with Crippen LogP contribution in [0.2, 0.25) is 0 Å². The summed E-state index contributed by atoms with van der Waals surface area (Å²) in [5.74, 6) is 5.66. The van der Waals surface area contributed by atoms with Gasteiger partial charge >= 0.3 is 0 Å². The Labute approximate surface area is 132 Å². The first-order chi connectivity index (χ1) is 10.0. The van der Waals surface area contributed by atoms with Crippen LogP contribution in [0.25, 0.3) is 0 Å². The van der Waals surface area contributed by atoms with E-state index in [1.54, 1.807) is 12.1 Å². The molecule has 0 unspecified atom stereocenters. The van der Waals surface area contributed by atoms with Crippen LogP contribution in [0.4, 0.5) is 11.5 Å². The third-order valence-corrected chi connectivity index (χ3v) is 4.14. The van der Waals surface area contributed by atoms with Crippen LogP contribution >= 0.6 is 15.9 Å². The van der Waals surface area contributed by atoms with Crippen LogP contribution in [0.5, 0.6) is 0 Å². The van der Waals surface area contributed by atoms with Gasteiger partial charge in [-0.05, 0) is 53.0 Å². The van der Waals surface area contributed by atoms with Crippen molar-refractivity contribution in [2.75, 3.05) is 10.7 Å². The van der Waals surface area contributed by atoms with Crippen LogP contribution < -0.4 is 16.6 Å². The summed E-state index contributed by atoms with van der Waals surface area (Å²) in [6.07, 6.45) is 0.726. The van der Waals surface area contributed by atoms with Crippen molar-refractivity contribution in [3.63, 3.8) is 0 Å². The third-order valence-electron chi connectivity index (χ3n) is 3.09. The Kier molecular flexibility index (Phi) is 4.93. The third kappa shape index (κ3) is 3.59. The van der Waals surface area contributed by atoms with E-state index in [2.05, 4.69) is 31.7 Å². The molecule has 21 heavy (non-hydrogen) atoms. The lowest BCUT2D eigenvalue weighted by molar-refractivity contribution is 0.102. The second-order valence-electron chi connectivity index (χ2n) is 4.62. The Morgan fingerprint density at radius 3 is 2.81 bits per heavy atom. The number of halogens is 1. The van der Waals surface area contributed by atoms with Gasteiger partial charge in [0, 0.05) is 15.7 Å². The molecular formula is C15H17BrN4O. The molecule has 110 valence electrons. The standard InChI is InChI=1S/C15H17BrN4O/c1-3-11-7-10(8-13(18-11)20-17)15(21)19-12-6-4-5-9(2)14(12)16/h4-8H,3,17H2,1-2H3,(H,18,20)(H,19,21). The molecule has 0 saturated heterocycles. The highest BCUT2D eigenvalue weighted by molar-refractivity contribution is 9.10. The van der Waals surface area contributed by atoms with Crippen molar-refractivity contribution in [3.05, 3.63) is 51.6 Å². The van der Waals surface area contributed by atoms with Crippen molar-refractivity contribution >= 4 is 33.3 Å². The summed E-state index contributed by atoms with van der Waals surface area (Å²) < 4.78 is 0.875. The summed E-state index contributed by atoms with van der Waals surface area (Å²) in [6, 6.07) is 9.10. The van der Waals surface area contributed by atoms with Crippen molar-refractivity contribution in [1.82, 2.24) is 4.98 Å². The molecule has 0 spiro atoms. The van der Waals surface area contributed by atoms with E-state index in [0.29, 0.717) is 11.4 Å². The minimum Gasteiger partial charge on any atom is -0.321 e. The highest BCUT2D eigenvalue weighted by Crippen LogP contribution is 2.26. The Balaban J connectivity index is 2.30. The van der Waals surface area contributed by atoms with E-state index in [1.807, 2.05) is 32.0 Å². The van der Waals surface area contributed by atoms with Crippen LogP contribution in [0.3, 0.4) is 0 Å². The molecule has 5 nitrogen and oxygen atoms in total. The van der Waals surface area contributed by atoms with Gasteiger partial charge in [-0.2, -0.15) is 0 Å². The molecule has 6 heteroatoms. The predicted octanol–water partition coefficient (Wildman–Crippen LogP) is 3.25. The van der Waals surface area contributed by atoms with E-state index in [1.165, 1.54) is 0 Å². The average Bonchev–Trinajstić information content (AvgIpc) is 2.51. The normalized spacial score (nSPS) is 10.3. The molecule has 0 aliphatic carbocycles. The van der Waals surface area contributed by atoms with Gasteiger partial charge in [-0.15, -0.1) is 0 Å². The Morgan fingerprint density at radius 2 is 2.14 bits per heavy atom. The maximum Gasteiger partial charge on any atom is 0.255 e. The zero-order valence-electron chi connectivity index (χ0n) is 11.9. The van der Waals surface area contributed by atoms with E-state index in [-0.39, 0.29) is 5.91 Å². The summed E-state index contributed by atoms with van der Waals surface area (Å²) in [4.78, 5) is 16.7. The smallest absolute Gasteiger partial charge is 0.255 e. The van der Waals surface area contributed by atoms with Gasteiger partial charge in [0.15, 0.2) is 0 Å². The first-order valence-corrected chi connectivity index (χ1v) is 7.38. The van der Waals surface area contributed by atoms with E-state index < -0.39 is 0 Å². The number of carbonyl (C=O) groups excluding carboxylic acids is 1. The topological polar surface area (TPSA) is 80.0 Å². The lowest BCUT2D eigenvalue weighted by Gasteiger charge is -2.11. The molecule has 0 saturated carbocycles. The summed E-state index contributed by atoms with van der Waals surface area (Å²) in [7, 11) is 0. The molecule has 4 N–H and O–H groups in total. The SMILES string of the molecule is CCc1cc(C(=O)Nc2cccc(C)c2Br)cc(NN)n1. The molecule has 0 radical (unpaired) electrons. The maximum absolute atomic E-state index is 12.4. The fraction of sp³-hybridized carbons (Fsp3) is 0.200. The first kappa shape index (κ1) is 15.5. The van der Waals surface area contributed by atoms with Gasteiger partial charge in [-0.1, -0.05) is 19.1 Å². The molecule has 1 aromatic carbocycles. The highest BCUT2D eigenvalue weighted by atomic mass is 79.9. The van der Waals surface area contributed by atoms with Crippen LogP contribution in [0.15, 0.2) is 34.8 Å². The van der Waals surface area contributed by atoms with Crippen LogP contribution in [0, 0.1) is 6.92 Å². The second-order valence-corrected chi connectivity index (χ2v) is 5.41. The quantitative estimate of drug-likeness (QED) is 0.585. The molecule has 0 atom stereocenters. The van der Waals surface area contributed by atoms with Gasteiger partial charge in [0.05, 0.1) is 5.69 Å². The van der Waals surface area contributed by atoms with Crippen LogP contribution in [-0.4, -0.2) is 10.9 Å². The number of nitrogens with zero attached hydrogens (tertiary/aromatic N) is 1. The molecule has 2 aromatic rings. The van der Waals surface area contributed by atoms with E-state index >= 15 is 0 Å². The summed E-state index contributed by atoms with van der Waals surface area (Å²) >= 11 is 3.48. The number of nitrogens with one attached hydrogen (secondary N) is 2. The average molecular weight is 349 g/mol. The number of nitrogens with two attached hydrogens (primary N) is 1. The molecule has 2 rings (SSSR count). The molecular weight excluding hydrogens is 332 g/mol. The predicted molar refractivity (Wildman–Crippen MR) is 88.3 cm³/mol. The number of amides is 1. The fourth-order valence-electron chi connectivity index (χ4n) is 1.91. The van der Waals surface area contributed by atoms with Crippen molar-refractivity contribution < 1.29 is 4.79 Å². The summed E-state index contributed by atoms with van der Waals surface area (Å²) in [6.45, 7) is 3.94. The molecule has 0 fully saturated rings. The summed E-state index contributed by atoms with van der Waals surface area (Å²) in [5.41, 5.74) is 5.59. The number of pyridine rings is 1. The van der Waals surface area contributed by atoms with E-state index in [0.717, 1.165) is 27.8 Å². The van der Waals surface area contributed by atoms with E-state index in [9.17, 15) is 4.79 Å². The number of carbonyl (C=O) groups is 1. The minimum atomic E-state index is -0.199. The molecule has 1 aromatic heterocycles. The maximum atomic E-state index is 12.4. The van der Waals surface area contributed by atoms with Gasteiger partial charge in [-0.3, -0.25) is 4.79 Å². The zero-order chi connectivity index (χ0) is 15.4. The fourth-order valence-corrected chi connectivity index (χ4v) is 2.28.